The van der Waals surface area contributed by atoms with E-state index in [4.69, 9.17) is 27.6 Å². The highest BCUT2D eigenvalue weighted by molar-refractivity contribution is 6.35. The Hall–Kier alpha value is -2.04. The van der Waals surface area contributed by atoms with Gasteiger partial charge in [0.05, 0.1) is 0 Å². The van der Waals surface area contributed by atoms with E-state index in [2.05, 4.69) is 10.3 Å². The molecule has 0 atom stereocenters. The van der Waals surface area contributed by atoms with Crippen LogP contribution in [0.25, 0.3) is 11.1 Å². The molecule has 1 aromatic heterocycles. The number of aromatic nitrogens is 1. The number of nitrogens with one attached hydrogen (secondary N) is 1. The van der Waals surface area contributed by atoms with E-state index >= 15 is 0 Å². The molecular weight excluding hydrogens is 311 g/mol. The third-order valence-corrected chi connectivity index (χ3v) is 3.30. The van der Waals surface area contributed by atoms with Crippen molar-refractivity contribution in [1.82, 2.24) is 4.98 Å². The predicted molar refractivity (Wildman–Crippen MR) is 84.8 cm³/mol. The van der Waals surface area contributed by atoms with Gasteiger partial charge in [-0.1, -0.05) is 29.3 Å². The topological polar surface area (TPSA) is 55.1 Å². The maximum atomic E-state index is 11.9. The monoisotopic (exact) mass is 320 g/mol. The molecule has 0 aliphatic heterocycles. The van der Waals surface area contributed by atoms with Crippen molar-refractivity contribution in [1.29, 1.82) is 0 Å². The van der Waals surface area contributed by atoms with Crippen LogP contribution in [-0.4, -0.2) is 4.98 Å². The fraction of sp³-hybridized carbons (Fsp3) is 0.0667. The maximum absolute atomic E-state index is 11.9. The number of hydrogen-bond acceptors (Lipinski definition) is 4. The van der Waals surface area contributed by atoms with Crippen LogP contribution in [0.3, 0.4) is 0 Å². The molecular formula is C15H10Cl2N2O2. The lowest BCUT2D eigenvalue weighted by atomic mass is 10.2. The van der Waals surface area contributed by atoms with Gasteiger partial charge in [-0.2, -0.15) is 0 Å². The first-order valence-corrected chi connectivity index (χ1v) is 6.91. The molecule has 0 aliphatic rings. The van der Waals surface area contributed by atoms with Gasteiger partial charge < -0.3 is 9.73 Å². The lowest BCUT2D eigenvalue weighted by Crippen LogP contribution is -2.09. The molecule has 1 N–H and O–H groups in total. The molecule has 0 unspecified atom stereocenters. The van der Waals surface area contributed by atoms with E-state index in [0.29, 0.717) is 26.8 Å². The molecule has 2 aromatic carbocycles. The fourth-order valence-corrected chi connectivity index (χ4v) is 2.48. The molecule has 3 aromatic rings. The summed E-state index contributed by atoms with van der Waals surface area (Å²) < 4.78 is 5.23. The minimum atomic E-state index is -0.553. The highest BCUT2D eigenvalue weighted by atomic mass is 35.5. The first kappa shape index (κ1) is 13.9. The second kappa shape index (κ2) is 5.39. The Morgan fingerprint density at radius 1 is 1.10 bits per heavy atom. The van der Waals surface area contributed by atoms with E-state index < -0.39 is 5.63 Å². The van der Waals surface area contributed by atoms with E-state index in [1.165, 1.54) is 0 Å². The first-order valence-electron chi connectivity index (χ1n) is 6.16. The van der Waals surface area contributed by atoms with E-state index in [9.17, 15) is 4.79 Å². The second-order valence-electron chi connectivity index (χ2n) is 4.60. The SMILES string of the molecule is Cc1ccc2oc(=O)c(Nc3cc(Cl)cc(Cl)c3)nc2c1. The van der Waals surface area contributed by atoms with Gasteiger partial charge >= 0.3 is 5.63 Å². The van der Waals surface area contributed by atoms with Crippen LogP contribution in [0.2, 0.25) is 10.0 Å². The number of anilines is 2. The third kappa shape index (κ3) is 3.01. The Labute approximate surface area is 130 Å². The van der Waals surface area contributed by atoms with Gasteiger partial charge in [0.2, 0.25) is 5.82 Å². The van der Waals surface area contributed by atoms with Crippen LogP contribution in [0.4, 0.5) is 11.5 Å². The number of aryl methyl sites for hydroxylation is 1. The Kier molecular flexibility index (Phi) is 3.57. The molecule has 0 radical (unpaired) electrons. The van der Waals surface area contributed by atoms with Gasteiger partial charge in [0, 0.05) is 15.7 Å². The van der Waals surface area contributed by atoms with Crippen molar-refractivity contribution < 1.29 is 4.42 Å². The largest absolute Gasteiger partial charge is 0.418 e. The zero-order valence-electron chi connectivity index (χ0n) is 11.0. The van der Waals surface area contributed by atoms with Crippen LogP contribution in [0, 0.1) is 6.92 Å². The molecule has 0 bridgehead atoms. The van der Waals surface area contributed by atoms with E-state index in [1.54, 1.807) is 24.3 Å². The van der Waals surface area contributed by atoms with Crippen molar-refractivity contribution >= 4 is 45.8 Å². The summed E-state index contributed by atoms with van der Waals surface area (Å²) in [6, 6.07) is 10.3. The molecule has 0 aliphatic carbocycles. The minimum Gasteiger partial charge on any atom is -0.418 e. The molecule has 21 heavy (non-hydrogen) atoms. The Balaban J connectivity index is 2.07. The van der Waals surface area contributed by atoms with Crippen molar-refractivity contribution in [3.63, 3.8) is 0 Å². The number of nitrogens with zero attached hydrogens (tertiary/aromatic N) is 1. The van der Waals surface area contributed by atoms with Crippen molar-refractivity contribution in [2.75, 3.05) is 5.32 Å². The molecule has 0 fully saturated rings. The van der Waals surface area contributed by atoms with Crippen molar-refractivity contribution in [2.45, 2.75) is 6.92 Å². The molecule has 3 rings (SSSR count). The summed E-state index contributed by atoms with van der Waals surface area (Å²) in [5.74, 6) is 0.0893. The zero-order valence-corrected chi connectivity index (χ0v) is 12.5. The van der Waals surface area contributed by atoms with Gasteiger partial charge in [-0.05, 0) is 42.8 Å². The average Bonchev–Trinajstić information content (AvgIpc) is 2.39. The molecule has 4 nitrogen and oxygen atoms in total. The summed E-state index contributed by atoms with van der Waals surface area (Å²) in [6.45, 7) is 1.94. The van der Waals surface area contributed by atoms with E-state index in [1.807, 2.05) is 19.1 Å². The normalized spacial score (nSPS) is 10.8. The average molecular weight is 321 g/mol. The lowest BCUT2D eigenvalue weighted by Gasteiger charge is -2.06. The molecule has 1 heterocycles. The van der Waals surface area contributed by atoms with Crippen molar-refractivity contribution in [3.8, 4) is 0 Å². The van der Waals surface area contributed by atoms with Gasteiger partial charge in [0.1, 0.15) is 5.52 Å². The van der Waals surface area contributed by atoms with E-state index in [-0.39, 0.29) is 5.82 Å². The lowest BCUT2D eigenvalue weighted by molar-refractivity contribution is 0.558. The Morgan fingerprint density at radius 2 is 1.81 bits per heavy atom. The van der Waals surface area contributed by atoms with Crippen LogP contribution in [0.1, 0.15) is 5.56 Å². The van der Waals surface area contributed by atoms with Gasteiger partial charge in [0.15, 0.2) is 5.58 Å². The standard InChI is InChI=1S/C15H10Cl2N2O2/c1-8-2-3-13-12(4-8)19-14(15(20)21-13)18-11-6-9(16)5-10(17)7-11/h2-7H,1H3,(H,18,19). The summed E-state index contributed by atoms with van der Waals surface area (Å²) in [5, 5.41) is 3.81. The van der Waals surface area contributed by atoms with Crippen LogP contribution < -0.4 is 10.9 Å². The minimum absolute atomic E-state index is 0.0893. The van der Waals surface area contributed by atoms with Gasteiger partial charge in [-0.15, -0.1) is 0 Å². The smallest absolute Gasteiger partial charge is 0.379 e. The van der Waals surface area contributed by atoms with E-state index in [0.717, 1.165) is 5.56 Å². The maximum Gasteiger partial charge on any atom is 0.379 e. The van der Waals surface area contributed by atoms with Crippen LogP contribution >= 0.6 is 23.2 Å². The fourth-order valence-electron chi connectivity index (χ4n) is 1.96. The Morgan fingerprint density at radius 3 is 2.52 bits per heavy atom. The summed E-state index contributed by atoms with van der Waals surface area (Å²) in [4.78, 5) is 16.2. The highest BCUT2D eigenvalue weighted by Crippen LogP contribution is 2.24. The number of fused-ring (bicyclic) bond motifs is 1. The number of benzene rings is 2. The summed E-state index contributed by atoms with van der Waals surface area (Å²) >= 11 is 11.9. The van der Waals surface area contributed by atoms with Gasteiger partial charge in [-0.25, -0.2) is 9.78 Å². The molecule has 0 saturated carbocycles. The predicted octanol–water partition coefficient (Wildman–Crippen LogP) is 4.55. The summed E-state index contributed by atoms with van der Waals surface area (Å²) in [5.41, 5.74) is 2.09. The highest BCUT2D eigenvalue weighted by Gasteiger charge is 2.08. The molecule has 0 saturated heterocycles. The second-order valence-corrected chi connectivity index (χ2v) is 5.48. The quantitative estimate of drug-likeness (QED) is 0.752. The third-order valence-electron chi connectivity index (χ3n) is 2.87. The number of hydrogen-bond donors (Lipinski definition) is 1. The molecule has 0 spiro atoms. The van der Waals surface area contributed by atoms with Gasteiger partial charge in [0.25, 0.3) is 0 Å². The Bertz CT molecular complexity index is 870. The van der Waals surface area contributed by atoms with Crippen molar-refractivity contribution in [3.05, 3.63) is 62.4 Å². The number of halogens is 2. The molecule has 106 valence electrons. The number of rotatable bonds is 2. The first-order chi connectivity index (χ1) is 10.0. The molecule has 0 amide bonds. The molecule has 6 heteroatoms. The summed E-state index contributed by atoms with van der Waals surface area (Å²) in [6.07, 6.45) is 0. The van der Waals surface area contributed by atoms with Crippen LogP contribution in [-0.2, 0) is 0 Å². The van der Waals surface area contributed by atoms with Gasteiger partial charge in [-0.3, -0.25) is 0 Å². The van der Waals surface area contributed by atoms with Crippen LogP contribution in [0.15, 0.2) is 45.6 Å². The zero-order chi connectivity index (χ0) is 15.0. The van der Waals surface area contributed by atoms with Crippen molar-refractivity contribution in [2.24, 2.45) is 0 Å². The van der Waals surface area contributed by atoms with Crippen LogP contribution in [0.5, 0.6) is 0 Å². The summed E-state index contributed by atoms with van der Waals surface area (Å²) in [7, 11) is 0.